The molecule has 0 spiro atoms. The Hall–Kier alpha value is -2.34. The number of halogens is 3. The van der Waals surface area contributed by atoms with Crippen LogP contribution in [0.5, 0.6) is 0 Å². The molecule has 3 aromatic rings. The number of hydrogen-bond donors (Lipinski definition) is 1. The fourth-order valence-electron chi connectivity index (χ4n) is 3.72. The van der Waals surface area contributed by atoms with E-state index in [4.69, 9.17) is 0 Å². The third-order valence-corrected chi connectivity index (χ3v) is 5.99. The van der Waals surface area contributed by atoms with Crippen LogP contribution in [0.15, 0.2) is 53.9 Å². The molecular formula is C22H21F3N2S. The van der Waals surface area contributed by atoms with E-state index in [0.717, 1.165) is 23.4 Å². The van der Waals surface area contributed by atoms with E-state index in [9.17, 15) is 13.2 Å². The van der Waals surface area contributed by atoms with E-state index in [1.807, 2.05) is 5.38 Å². The highest BCUT2D eigenvalue weighted by molar-refractivity contribution is 7.14. The number of alkyl halides is 3. The van der Waals surface area contributed by atoms with Gasteiger partial charge in [-0.05, 0) is 42.5 Å². The van der Waals surface area contributed by atoms with Gasteiger partial charge in [0.15, 0.2) is 5.13 Å². The van der Waals surface area contributed by atoms with Crippen molar-refractivity contribution in [3.63, 3.8) is 0 Å². The van der Waals surface area contributed by atoms with E-state index in [0.29, 0.717) is 16.7 Å². The summed E-state index contributed by atoms with van der Waals surface area (Å²) >= 11 is 1.38. The largest absolute Gasteiger partial charge is 0.416 e. The quantitative estimate of drug-likeness (QED) is 0.485. The van der Waals surface area contributed by atoms with Crippen molar-refractivity contribution in [1.82, 2.24) is 4.98 Å². The Labute approximate surface area is 166 Å². The van der Waals surface area contributed by atoms with Crippen LogP contribution in [-0.4, -0.2) is 4.98 Å². The molecule has 1 fully saturated rings. The second-order valence-electron chi connectivity index (χ2n) is 7.20. The Morgan fingerprint density at radius 2 is 1.71 bits per heavy atom. The van der Waals surface area contributed by atoms with E-state index >= 15 is 0 Å². The average Bonchev–Trinajstić information content (AvgIpc) is 3.17. The fraction of sp³-hybridized carbons (Fsp3) is 0.318. The highest BCUT2D eigenvalue weighted by Crippen LogP contribution is 2.35. The molecule has 1 aliphatic carbocycles. The molecule has 4 rings (SSSR count). The minimum Gasteiger partial charge on any atom is -0.332 e. The summed E-state index contributed by atoms with van der Waals surface area (Å²) in [5.74, 6) is 0.663. The molecule has 1 aliphatic rings. The number of nitrogens with zero attached hydrogens (tertiary/aromatic N) is 1. The Kier molecular flexibility index (Phi) is 5.40. The van der Waals surface area contributed by atoms with Crippen molar-refractivity contribution in [2.24, 2.45) is 0 Å². The first-order chi connectivity index (χ1) is 13.5. The monoisotopic (exact) mass is 402 g/mol. The lowest BCUT2D eigenvalue weighted by Gasteiger charge is -2.22. The first kappa shape index (κ1) is 19.0. The van der Waals surface area contributed by atoms with Crippen LogP contribution >= 0.6 is 11.3 Å². The lowest BCUT2D eigenvalue weighted by molar-refractivity contribution is -0.137. The molecule has 1 heterocycles. The van der Waals surface area contributed by atoms with Crippen molar-refractivity contribution in [2.75, 3.05) is 5.32 Å². The number of hydrogen-bond acceptors (Lipinski definition) is 3. The Morgan fingerprint density at radius 1 is 0.964 bits per heavy atom. The third kappa shape index (κ3) is 4.38. The van der Waals surface area contributed by atoms with E-state index in [-0.39, 0.29) is 0 Å². The van der Waals surface area contributed by atoms with Gasteiger partial charge in [0.2, 0.25) is 0 Å². The molecule has 1 N–H and O–H groups in total. The highest BCUT2D eigenvalue weighted by atomic mass is 32.1. The molecule has 28 heavy (non-hydrogen) atoms. The van der Waals surface area contributed by atoms with Crippen molar-refractivity contribution in [3.05, 3.63) is 65.0 Å². The van der Waals surface area contributed by atoms with Crippen LogP contribution < -0.4 is 5.32 Å². The van der Waals surface area contributed by atoms with Gasteiger partial charge < -0.3 is 5.32 Å². The molecule has 0 bridgehead atoms. The highest BCUT2D eigenvalue weighted by Gasteiger charge is 2.30. The number of anilines is 2. The Balaban J connectivity index is 1.47. The molecule has 0 aliphatic heterocycles. The number of aromatic nitrogens is 1. The number of thiazole rings is 1. The maximum absolute atomic E-state index is 12.9. The van der Waals surface area contributed by atoms with Crippen LogP contribution in [0.2, 0.25) is 0 Å². The molecule has 2 aromatic carbocycles. The molecule has 0 amide bonds. The first-order valence-electron chi connectivity index (χ1n) is 9.49. The smallest absolute Gasteiger partial charge is 0.332 e. The molecule has 1 aromatic heterocycles. The summed E-state index contributed by atoms with van der Waals surface area (Å²) in [4.78, 5) is 4.54. The summed E-state index contributed by atoms with van der Waals surface area (Å²) in [6.45, 7) is 0. The second-order valence-corrected chi connectivity index (χ2v) is 8.06. The molecule has 1 saturated carbocycles. The van der Waals surface area contributed by atoms with Gasteiger partial charge >= 0.3 is 6.18 Å². The second kappa shape index (κ2) is 7.95. The predicted molar refractivity (Wildman–Crippen MR) is 108 cm³/mol. The van der Waals surface area contributed by atoms with Gasteiger partial charge in [0, 0.05) is 16.6 Å². The fourth-order valence-corrected chi connectivity index (χ4v) is 4.46. The van der Waals surface area contributed by atoms with E-state index in [1.165, 1.54) is 55.1 Å². The van der Waals surface area contributed by atoms with Crippen molar-refractivity contribution < 1.29 is 13.2 Å². The summed E-state index contributed by atoms with van der Waals surface area (Å²) in [7, 11) is 0. The van der Waals surface area contributed by atoms with Crippen LogP contribution in [0.3, 0.4) is 0 Å². The summed E-state index contributed by atoms with van der Waals surface area (Å²) in [5.41, 5.74) is 2.94. The zero-order valence-corrected chi connectivity index (χ0v) is 16.1. The molecular weight excluding hydrogens is 381 g/mol. The van der Waals surface area contributed by atoms with Gasteiger partial charge in [-0.3, -0.25) is 0 Å². The summed E-state index contributed by atoms with van der Waals surface area (Å²) in [6.07, 6.45) is 2.13. The maximum atomic E-state index is 12.9. The molecule has 0 saturated heterocycles. The first-order valence-corrected chi connectivity index (χ1v) is 10.4. The third-order valence-electron chi connectivity index (χ3n) is 5.23. The van der Waals surface area contributed by atoms with Gasteiger partial charge in [-0.2, -0.15) is 13.2 Å². The molecule has 6 heteroatoms. The molecule has 146 valence electrons. The van der Waals surface area contributed by atoms with E-state index in [2.05, 4.69) is 34.6 Å². The number of nitrogens with one attached hydrogen (secondary N) is 1. The van der Waals surface area contributed by atoms with Gasteiger partial charge in [0.05, 0.1) is 11.3 Å². The SMILES string of the molecule is FC(F)(F)c1cccc(Nc2nc(-c3ccc(C4CCCCC4)cc3)cs2)c1. The minimum absolute atomic E-state index is 0.378. The van der Waals surface area contributed by atoms with Crippen LogP contribution in [-0.2, 0) is 6.18 Å². The van der Waals surface area contributed by atoms with Crippen LogP contribution in [0.25, 0.3) is 11.3 Å². The van der Waals surface area contributed by atoms with Gasteiger partial charge in [0.1, 0.15) is 0 Å². The van der Waals surface area contributed by atoms with E-state index < -0.39 is 11.7 Å². The van der Waals surface area contributed by atoms with Gasteiger partial charge in [0.25, 0.3) is 0 Å². The van der Waals surface area contributed by atoms with E-state index in [1.54, 1.807) is 6.07 Å². The van der Waals surface area contributed by atoms with Crippen LogP contribution in [0.1, 0.15) is 49.1 Å². The predicted octanol–water partition coefficient (Wildman–Crippen LogP) is 7.62. The summed E-state index contributed by atoms with van der Waals surface area (Å²) < 4.78 is 38.6. The average molecular weight is 402 g/mol. The number of benzene rings is 2. The normalized spacial score (nSPS) is 15.5. The Morgan fingerprint density at radius 3 is 2.43 bits per heavy atom. The molecule has 2 nitrogen and oxygen atoms in total. The Bertz CT molecular complexity index is 925. The lowest BCUT2D eigenvalue weighted by Crippen LogP contribution is -2.05. The van der Waals surface area contributed by atoms with Gasteiger partial charge in [-0.25, -0.2) is 4.98 Å². The lowest BCUT2D eigenvalue weighted by atomic mass is 9.84. The maximum Gasteiger partial charge on any atom is 0.416 e. The van der Waals surface area contributed by atoms with Gasteiger partial charge in [-0.15, -0.1) is 11.3 Å². The summed E-state index contributed by atoms with van der Waals surface area (Å²) in [6, 6.07) is 13.7. The van der Waals surface area contributed by atoms with Crippen molar-refractivity contribution >= 4 is 22.2 Å². The molecule has 0 radical (unpaired) electrons. The zero-order chi connectivity index (χ0) is 19.6. The van der Waals surface area contributed by atoms with Crippen molar-refractivity contribution in [3.8, 4) is 11.3 Å². The van der Waals surface area contributed by atoms with Crippen molar-refractivity contribution in [1.29, 1.82) is 0 Å². The molecule has 0 unspecified atom stereocenters. The standard InChI is InChI=1S/C22H21F3N2S/c23-22(24,25)18-7-4-8-19(13-18)26-21-27-20(14-28-21)17-11-9-16(10-12-17)15-5-2-1-3-6-15/h4,7-15H,1-3,5-6H2,(H,26,27). The topological polar surface area (TPSA) is 24.9 Å². The summed E-state index contributed by atoms with van der Waals surface area (Å²) in [5, 5.41) is 5.47. The van der Waals surface area contributed by atoms with Crippen LogP contribution in [0.4, 0.5) is 24.0 Å². The number of rotatable bonds is 4. The van der Waals surface area contributed by atoms with Crippen LogP contribution in [0, 0.1) is 0 Å². The zero-order valence-electron chi connectivity index (χ0n) is 15.3. The van der Waals surface area contributed by atoms with Crippen molar-refractivity contribution in [2.45, 2.75) is 44.2 Å². The van der Waals surface area contributed by atoms with Gasteiger partial charge in [-0.1, -0.05) is 49.6 Å². The minimum atomic E-state index is -4.36. The molecule has 0 atom stereocenters.